The number of rotatable bonds is 2. The third-order valence-electron chi connectivity index (χ3n) is 2.18. The van der Waals surface area contributed by atoms with Crippen molar-refractivity contribution in [2.45, 2.75) is 25.1 Å². The average molecular weight is 167 g/mol. The van der Waals surface area contributed by atoms with E-state index in [0.29, 0.717) is 11.3 Å². The van der Waals surface area contributed by atoms with Crippen molar-refractivity contribution in [3.05, 3.63) is 29.6 Å². The second-order valence-electron chi connectivity index (χ2n) is 3.21. The highest BCUT2D eigenvalue weighted by Crippen LogP contribution is 2.44. The van der Waals surface area contributed by atoms with Crippen LogP contribution in [0.1, 0.15) is 24.1 Å². The molecule has 0 aliphatic heterocycles. The Bertz CT molecular complexity index is 296. The summed E-state index contributed by atoms with van der Waals surface area (Å²) >= 11 is 0. The number of hydrogen-bond donors (Lipinski definition) is 1. The van der Waals surface area contributed by atoms with Crippen LogP contribution in [0.4, 0.5) is 4.39 Å². The van der Waals surface area contributed by atoms with Gasteiger partial charge in [0, 0.05) is 6.20 Å². The van der Waals surface area contributed by atoms with E-state index in [1.54, 1.807) is 18.3 Å². The van der Waals surface area contributed by atoms with Crippen molar-refractivity contribution in [1.82, 2.24) is 4.98 Å². The van der Waals surface area contributed by atoms with Crippen LogP contribution in [0.3, 0.4) is 0 Å². The summed E-state index contributed by atoms with van der Waals surface area (Å²) in [4.78, 5) is 4.00. The second kappa shape index (κ2) is 2.52. The molecule has 12 heavy (non-hydrogen) atoms. The molecule has 0 atom stereocenters. The van der Waals surface area contributed by atoms with E-state index >= 15 is 0 Å². The van der Waals surface area contributed by atoms with Gasteiger partial charge in [0.05, 0.1) is 5.69 Å². The van der Waals surface area contributed by atoms with E-state index in [0.717, 1.165) is 12.8 Å². The molecular formula is C9H10FNO. The van der Waals surface area contributed by atoms with E-state index in [1.807, 2.05) is 0 Å². The zero-order chi connectivity index (χ0) is 8.60. The molecule has 1 aromatic rings. The minimum Gasteiger partial charge on any atom is -0.384 e. The van der Waals surface area contributed by atoms with Crippen LogP contribution in [0, 0.1) is 0 Å². The van der Waals surface area contributed by atoms with E-state index in [4.69, 9.17) is 0 Å². The Hall–Kier alpha value is -0.960. The number of hydrogen-bond acceptors (Lipinski definition) is 2. The van der Waals surface area contributed by atoms with Gasteiger partial charge < -0.3 is 5.11 Å². The molecule has 64 valence electrons. The van der Waals surface area contributed by atoms with Crippen LogP contribution in [0.5, 0.6) is 0 Å². The molecule has 0 amide bonds. The summed E-state index contributed by atoms with van der Waals surface area (Å²) in [5.74, 6) is 0. The Morgan fingerprint density at radius 1 is 1.58 bits per heavy atom. The lowest BCUT2D eigenvalue weighted by atomic mass is 10.1. The van der Waals surface area contributed by atoms with Crippen LogP contribution in [-0.4, -0.2) is 10.1 Å². The fraction of sp³-hybridized carbons (Fsp3) is 0.444. The first-order valence-electron chi connectivity index (χ1n) is 3.98. The number of aromatic nitrogens is 1. The quantitative estimate of drug-likeness (QED) is 0.724. The van der Waals surface area contributed by atoms with Gasteiger partial charge in [-0.2, -0.15) is 0 Å². The van der Waals surface area contributed by atoms with Crippen molar-refractivity contribution in [2.75, 3.05) is 0 Å². The lowest BCUT2D eigenvalue weighted by Gasteiger charge is -2.06. The van der Waals surface area contributed by atoms with Gasteiger partial charge in [0.25, 0.3) is 0 Å². The monoisotopic (exact) mass is 167 g/mol. The van der Waals surface area contributed by atoms with Crippen LogP contribution in [0.15, 0.2) is 18.3 Å². The number of pyridine rings is 1. The predicted molar refractivity (Wildman–Crippen MR) is 42.2 cm³/mol. The van der Waals surface area contributed by atoms with E-state index in [1.165, 1.54) is 0 Å². The van der Waals surface area contributed by atoms with Gasteiger partial charge >= 0.3 is 0 Å². The molecule has 0 saturated heterocycles. The summed E-state index contributed by atoms with van der Waals surface area (Å²) in [7, 11) is 0. The van der Waals surface area contributed by atoms with Crippen LogP contribution >= 0.6 is 0 Å². The van der Waals surface area contributed by atoms with Crippen molar-refractivity contribution >= 4 is 0 Å². The molecule has 1 aromatic heterocycles. The molecule has 1 N–H and O–H groups in total. The average Bonchev–Trinajstić information content (AvgIpc) is 2.85. The van der Waals surface area contributed by atoms with Gasteiger partial charge in [-0.3, -0.25) is 4.98 Å². The molecule has 1 aliphatic carbocycles. The molecule has 0 bridgehead atoms. The maximum atomic E-state index is 12.2. The highest BCUT2D eigenvalue weighted by molar-refractivity contribution is 5.24. The van der Waals surface area contributed by atoms with Crippen molar-refractivity contribution in [3.8, 4) is 0 Å². The molecule has 2 rings (SSSR count). The van der Waals surface area contributed by atoms with Crippen LogP contribution in [-0.2, 0) is 12.3 Å². The molecule has 1 heterocycles. The summed E-state index contributed by atoms with van der Waals surface area (Å²) in [6.07, 6.45) is 3.03. The van der Waals surface area contributed by atoms with Crippen LogP contribution in [0.25, 0.3) is 0 Å². The van der Waals surface area contributed by atoms with E-state index in [2.05, 4.69) is 4.98 Å². The minimum atomic E-state index is -0.745. The molecule has 2 nitrogen and oxygen atoms in total. The number of alkyl halides is 1. The van der Waals surface area contributed by atoms with Crippen molar-refractivity contribution < 1.29 is 9.50 Å². The Labute approximate surface area is 70.1 Å². The van der Waals surface area contributed by atoms with E-state index in [9.17, 15) is 9.50 Å². The van der Waals surface area contributed by atoms with Crippen molar-refractivity contribution in [1.29, 1.82) is 0 Å². The zero-order valence-electron chi connectivity index (χ0n) is 6.63. The lowest BCUT2D eigenvalue weighted by Crippen LogP contribution is -2.07. The maximum absolute atomic E-state index is 12.2. The summed E-state index contributed by atoms with van der Waals surface area (Å²) in [6, 6.07) is 3.25. The Morgan fingerprint density at radius 2 is 2.33 bits per heavy atom. The zero-order valence-corrected chi connectivity index (χ0v) is 6.63. The van der Waals surface area contributed by atoms with Gasteiger partial charge in [-0.15, -0.1) is 0 Å². The number of halogens is 1. The topological polar surface area (TPSA) is 33.1 Å². The summed E-state index contributed by atoms with van der Waals surface area (Å²) in [6.45, 7) is -0.494. The third-order valence-corrected chi connectivity index (χ3v) is 2.18. The van der Waals surface area contributed by atoms with Gasteiger partial charge in [-0.25, -0.2) is 4.39 Å². The molecular weight excluding hydrogens is 157 g/mol. The van der Waals surface area contributed by atoms with Crippen LogP contribution < -0.4 is 0 Å². The van der Waals surface area contributed by atoms with Gasteiger partial charge in [-0.05, 0) is 30.5 Å². The van der Waals surface area contributed by atoms with Gasteiger partial charge in [0.1, 0.15) is 12.3 Å². The van der Waals surface area contributed by atoms with E-state index in [-0.39, 0.29) is 0 Å². The first-order valence-corrected chi connectivity index (χ1v) is 3.98. The molecule has 0 unspecified atom stereocenters. The molecule has 3 heteroatoms. The lowest BCUT2D eigenvalue weighted by molar-refractivity contribution is 0.146. The highest BCUT2D eigenvalue weighted by Gasteiger charge is 2.43. The Morgan fingerprint density at radius 3 is 2.92 bits per heavy atom. The molecule has 1 fully saturated rings. The van der Waals surface area contributed by atoms with Gasteiger partial charge in [-0.1, -0.05) is 0 Å². The Kier molecular flexibility index (Phi) is 1.61. The Balaban J connectivity index is 2.32. The second-order valence-corrected chi connectivity index (χ2v) is 3.21. The SMILES string of the molecule is OC1(c2cc(CF)ccn2)CC1. The normalized spacial score (nSPS) is 19.2. The van der Waals surface area contributed by atoms with Crippen LogP contribution in [0.2, 0.25) is 0 Å². The summed E-state index contributed by atoms with van der Waals surface area (Å²) < 4.78 is 12.2. The first kappa shape index (κ1) is 7.68. The van der Waals surface area contributed by atoms with Crippen molar-refractivity contribution in [3.63, 3.8) is 0 Å². The largest absolute Gasteiger partial charge is 0.384 e. The molecule has 1 aliphatic rings. The minimum absolute atomic E-state index is 0.494. The van der Waals surface area contributed by atoms with E-state index < -0.39 is 12.3 Å². The summed E-state index contributed by atoms with van der Waals surface area (Å²) in [5, 5.41) is 9.64. The smallest absolute Gasteiger partial charge is 0.115 e. The molecule has 1 saturated carbocycles. The van der Waals surface area contributed by atoms with Crippen molar-refractivity contribution in [2.24, 2.45) is 0 Å². The predicted octanol–water partition coefficient (Wildman–Crippen LogP) is 1.53. The molecule has 0 aromatic carbocycles. The maximum Gasteiger partial charge on any atom is 0.115 e. The number of aliphatic hydroxyl groups is 1. The number of nitrogens with zero attached hydrogens (tertiary/aromatic N) is 1. The summed E-state index contributed by atoms with van der Waals surface area (Å²) in [5.41, 5.74) is 0.448. The molecule has 0 spiro atoms. The standard InChI is InChI=1S/C9H10FNO/c10-6-7-1-4-11-8(5-7)9(12)2-3-9/h1,4-5,12H,2-3,6H2. The third kappa shape index (κ3) is 1.20. The first-order chi connectivity index (χ1) is 5.74. The fourth-order valence-corrected chi connectivity index (χ4v) is 1.19. The van der Waals surface area contributed by atoms with Gasteiger partial charge in [0.2, 0.25) is 0 Å². The molecule has 0 radical (unpaired) electrons. The highest BCUT2D eigenvalue weighted by atomic mass is 19.1. The van der Waals surface area contributed by atoms with Gasteiger partial charge in [0.15, 0.2) is 0 Å². The fourth-order valence-electron chi connectivity index (χ4n) is 1.19.